The van der Waals surface area contributed by atoms with Gasteiger partial charge < -0.3 is 19.9 Å². The Balaban J connectivity index is 2.00. The van der Waals surface area contributed by atoms with Crippen LogP contribution < -0.4 is 15.2 Å². The van der Waals surface area contributed by atoms with E-state index in [1.807, 2.05) is 32.0 Å². The van der Waals surface area contributed by atoms with Crippen molar-refractivity contribution in [1.29, 1.82) is 0 Å². The van der Waals surface area contributed by atoms with E-state index in [-0.39, 0.29) is 5.41 Å². The summed E-state index contributed by atoms with van der Waals surface area (Å²) in [5.41, 5.74) is 7.34. The maximum absolute atomic E-state index is 11.3. The monoisotopic (exact) mass is 362 g/mol. The number of carbonyl (C=O) groups excluding carboxylic acids is 1. The Labute approximate surface area is 150 Å². The van der Waals surface area contributed by atoms with Gasteiger partial charge in [-0.25, -0.2) is 9.78 Å². The minimum absolute atomic E-state index is 0.372. The molecular formula is C18H19ClN2O4. The number of hydrogen-bond acceptors (Lipinski definition) is 5. The minimum atomic E-state index is -0.805. The lowest BCUT2D eigenvalue weighted by Crippen LogP contribution is -2.37. The van der Waals surface area contributed by atoms with Crippen molar-refractivity contribution < 1.29 is 19.0 Å². The number of aromatic nitrogens is 1. The molecule has 1 atom stereocenters. The number of ether oxygens (including phenoxy) is 3. The molecule has 0 saturated carbocycles. The molecule has 0 fully saturated rings. The Morgan fingerprint density at radius 2 is 2.12 bits per heavy atom. The van der Waals surface area contributed by atoms with E-state index in [1.165, 1.54) is 7.11 Å². The highest BCUT2D eigenvalue weighted by molar-refractivity contribution is 6.32. The maximum atomic E-state index is 11.3. The molecular weight excluding hydrogens is 344 g/mol. The first-order valence-electron chi connectivity index (χ1n) is 7.74. The van der Waals surface area contributed by atoms with E-state index in [9.17, 15) is 4.79 Å². The molecule has 3 rings (SSSR count). The molecule has 1 aliphatic heterocycles. The predicted molar refractivity (Wildman–Crippen MR) is 93.9 cm³/mol. The number of benzene rings is 1. The molecule has 2 heterocycles. The molecule has 25 heavy (non-hydrogen) atoms. The number of hydrogen-bond donors (Lipinski definition) is 1. The predicted octanol–water partition coefficient (Wildman–Crippen LogP) is 3.97. The van der Waals surface area contributed by atoms with Gasteiger partial charge in [-0.3, -0.25) is 0 Å². The van der Waals surface area contributed by atoms with Crippen LogP contribution in [0, 0.1) is 5.41 Å². The third-order valence-corrected chi connectivity index (χ3v) is 4.44. The van der Waals surface area contributed by atoms with Gasteiger partial charge in [0.1, 0.15) is 16.9 Å². The zero-order valence-corrected chi connectivity index (χ0v) is 15.0. The minimum Gasteiger partial charge on any atom is -0.492 e. The Morgan fingerprint density at radius 1 is 1.36 bits per heavy atom. The average molecular weight is 363 g/mol. The molecule has 1 aromatic carbocycles. The summed E-state index contributed by atoms with van der Waals surface area (Å²) in [5, 5.41) is 0.426. The topological polar surface area (TPSA) is 83.7 Å². The van der Waals surface area contributed by atoms with Crippen molar-refractivity contribution in [3.8, 4) is 22.8 Å². The van der Waals surface area contributed by atoms with Gasteiger partial charge in [-0.15, -0.1) is 0 Å². The number of nitrogens with zero attached hydrogens (tertiary/aromatic N) is 1. The van der Waals surface area contributed by atoms with Crippen LogP contribution in [0.5, 0.6) is 11.6 Å². The summed E-state index contributed by atoms with van der Waals surface area (Å²) in [5.74, 6) is 1.02. The van der Waals surface area contributed by atoms with Crippen LogP contribution in [0.1, 0.15) is 25.5 Å². The highest BCUT2D eigenvalue weighted by Crippen LogP contribution is 2.46. The van der Waals surface area contributed by atoms with Gasteiger partial charge in [0.05, 0.1) is 13.7 Å². The van der Waals surface area contributed by atoms with Crippen molar-refractivity contribution >= 4 is 17.7 Å². The molecule has 0 saturated heterocycles. The van der Waals surface area contributed by atoms with Crippen LogP contribution in [0.15, 0.2) is 30.5 Å². The second-order valence-corrected chi connectivity index (χ2v) is 6.97. The van der Waals surface area contributed by atoms with Crippen molar-refractivity contribution in [1.82, 2.24) is 4.98 Å². The number of pyridine rings is 1. The number of fused-ring (bicyclic) bond motifs is 1. The normalized spacial score (nSPS) is 18.0. The summed E-state index contributed by atoms with van der Waals surface area (Å²) in [6.45, 7) is 4.33. The van der Waals surface area contributed by atoms with Gasteiger partial charge >= 0.3 is 6.09 Å². The van der Waals surface area contributed by atoms with Crippen LogP contribution in [0.25, 0.3) is 11.1 Å². The number of methoxy groups -OCH3 is 1. The SMILES string of the molecule is COc1ncc(-c2ccc3c(c2)OCC(C)(C)C3OC(N)=O)cc1Cl. The number of nitrogens with two attached hydrogens (primary N) is 1. The molecule has 2 aromatic rings. The second-order valence-electron chi connectivity index (χ2n) is 6.56. The van der Waals surface area contributed by atoms with Gasteiger partial charge in [-0.1, -0.05) is 37.6 Å². The number of amides is 1. The molecule has 0 radical (unpaired) electrons. The lowest BCUT2D eigenvalue weighted by Gasteiger charge is -2.38. The van der Waals surface area contributed by atoms with Crippen molar-refractivity contribution in [2.24, 2.45) is 11.1 Å². The number of carbonyl (C=O) groups is 1. The van der Waals surface area contributed by atoms with Crippen LogP contribution in [0.2, 0.25) is 5.02 Å². The summed E-state index contributed by atoms with van der Waals surface area (Å²) >= 11 is 6.15. The summed E-state index contributed by atoms with van der Waals surface area (Å²) in [7, 11) is 1.52. The van der Waals surface area contributed by atoms with Gasteiger partial charge in [0.2, 0.25) is 5.88 Å². The highest BCUT2D eigenvalue weighted by Gasteiger charge is 2.40. The lowest BCUT2D eigenvalue weighted by atomic mass is 9.80. The lowest BCUT2D eigenvalue weighted by molar-refractivity contribution is -0.0176. The molecule has 6 nitrogen and oxygen atoms in total. The van der Waals surface area contributed by atoms with E-state index in [0.29, 0.717) is 23.3 Å². The first kappa shape index (κ1) is 17.4. The number of rotatable bonds is 3. The van der Waals surface area contributed by atoms with Crippen LogP contribution in [0.4, 0.5) is 4.79 Å². The number of primary amides is 1. The van der Waals surface area contributed by atoms with E-state index in [2.05, 4.69) is 4.98 Å². The summed E-state index contributed by atoms with van der Waals surface area (Å²) in [6, 6.07) is 7.43. The molecule has 0 aliphatic carbocycles. The average Bonchev–Trinajstić information content (AvgIpc) is 2.57. The van der Waals surface area contributed by atoms with Crippen LogP contribution in [-0.4, -0.2) is 24.8 Å². The Bertz CT molecular complexity index is 823. The van der Waals surface area contributed by atoms with E-state index >= 15 is 0 Å². The summed E-state index contributed by atoms with van der Waals surface area (Å²) < 4.78 is 16.3. The van der Waals surface area contributed by atoms with E-state index < -0.39 is 12.2 Å². The Hall–Kier alpha value is -2.47. The zero-order valence-electron chi connectivity index (χ0n) is 14.2. The second kappa shape index (κ2) is 6.44. The third-order valence-electron chi connectivity index (χ3n) is 4.17. The standard InChI is InChI=1S/C18H19ClN2O4/c1-18(2)9-24-14-7-10(4-5-12(14)15(18)25-17(20)22)11-6-13(19)16(23-3)21-8-11/h4-8,15H,9H2,1-3H3,(H2,20,22). The third kappa shape index (κ3) is 3.35. The highest BCUT2D eigenvalue weighted by atomic mass is 35.5. The molecule has 132 valence electrons. The van der Waals surface area contributed by atoms with E-state index in [4.69, 9.17) is 31.5 Å². The van der Waals surface area contributed by atoms with E-state index in [1.54, 1.807) is 12.3 Å². The van der Waals surface area contributed by atoms with Crippen LogP contribution in [0.3, 0.4) is 0 Å². The van der Waals surface area contributed by atoms with Gasteiger partial charge in [0.15, 0.2) is 0 Å². The first-order chi connectivity index (χ1) is 11.8. The quantitative estimate of drug-likeness (QED) is 0.893. The smallest absolute Gasteiger partial charge is 0.405 e. The summed E-state index contributed by atoms with van der Waals surface area (Å²) in [6.07, 6.45) is 0.401. The Kier molecular flexibility index (Phi) is 4.47. The van der Waals surface area contributed by atoms with Gasteiger partial charge in [0, 0.05) is 22.7 Å². The molecule has 1 amide bonds. The fourth-order valence-electron chi connectivity index (χ4n) is 2.89. The van der Waals surface area contributed by atoms with Gasteiger partial charge in [-0.05, 0) is 17.7 Å². The largest absolute Gasteiger partial charge is 0.492 e. The molecule has 0 bridgehead atoms. The number of halogens is 1. The zero-order chi connectivity index (χ0) is 18.2. The van der Waals surface area contributed by atoms with Crippen LogP contribution >= 0.6 is 11.6 Å². The fraction of sp³-hybridized carbons (Fsp3) is 0.333. The van der Waals surface area contributed by atoms with E-state index in [0.717, 1.165) is 16.7 Å². The molecule has 2 N–H and O–H groups in total. The summed E-state index contributed by atoms with van der Waals surface area (Å²) in [4.78, 5) is 15.5. The van der Waals surface area contributed by atoms with Gasteiger partial charge in [-0.2, -0.15) is 0 Å². The maximum Gasteiger partial charge on any atom is 0.405 e. The molecule has 1 aliphatic rings. The van der Waals surface area contributed by atoms with Crippen molar-refractivity contribution in [2.45, 2.75) is 20.0 Å². The Morgan fingerprint density at radius 3 is 2.76 bits per heavy atom. The van der Waals surface area contributed by atoms with Crippen molar-refractivity contribution in [3.05, 3.63) is 41.0 Å². The molecule has 7 heteroatoms. The van der Waals surface area contributed by atoms with Crippen molar-refractivity contribution in [3.63, 3.8) is 0 Å². The fourth-order valence-corrected chi connectivity index (χ4v) is 3.13. The van der Waals surface area contributed by atoms with Crippen molar-refractivity contribution in [2.75, 3.05) is 13.7 Å². The van der Waals surface area contributed by atoms with Gasteiger partial charge in [0.25, 0.3) is 0 Å². The first-order valence-corrected chi connectivity index (χ1v) is 8.12. The molecule has 1 aromatic heterocycles. The molecule has 0 spiro atoms. The van der Waals surface area contributed by atoms with Crippen LogP contribution in [-0.2, 0) is 4.74 Å². The molecule has 1 unspecified atom stereocenters.